The van der Waals surface area contributed by atoms with Crippen LogP contribution in [0.2, 0.25) is 5.02 Å². The van der Waals surface area contributed by atoms with E-state index < -0.39 is 27.5 Å². The molecule has 272 valence electrons. The molecule has 3 heterocycles. The Morgan fingerprint density at radius 3 is 2.16 bits per heavy atom. The van der Waals surface area contributed by atoms with Gasteiger partial charge in [0.1, 0.15) is 5.75 Å². The summed E-state index contributed by atoms with van der Waals surface area (Å²) in [6.45, 7) is 11.9. The van der Waals surface area contributed by atoms with Gasteiger partial charge in [0, 0.05) is 48.4 Å². The minimum Gasteiger partial charge on any atom is -0.493 e. The summed E-state index contributed by atoms with van der Waals surface area (Å²) < 4.78 is 36.2. The van der Waals surface area contributed by atoms with Crippen molar-refractivity contribution in [2.75, 3.05) is 57.2 Å². The van der Waals surface area contributed by atoms with Crippen LogP contribution in [0.25, 0.3) is 0 Å². The number of benzene rings is 3. The summed E-state index contributed by atoms with van der Waals surface area (Å²) in [7, 11) is -2.31. The molecule has 3 aromatic rings. The number of urea groups is 1. The first-order valence-electron chi connectivity index (χ1n) is 16.6. The van der Waals surface area contributed by atoms with E-state index in [9.17, 15) is 13.2 Å². The second-order valence-electron chi connectivity index (χ2n) is 13.1. The molecule has 2 saturated heterocycles. The number of fused-ring (bicyclic) bond motifs is 1. The number of nitrogens with one attached hydrogen (secondary N) is 1. The summed E-state index contributed by atoms with van der Waals surface area (Å²) in [4.78, 5) is 36.1. The zero-order valence-electron chi connectivity index (χ0n) is 29.1. The van der Waals surface area contributed by atoms with Crippen molar-refractivity contribution in [3.63, 3.8) is 0 Å². The molecule has 3 aliphatic rings. The van der Waals surface area contributed by atoms with E-state index in [2.05, 4.69) is 22.2 Å². The SMILES string of the molecule is CCOc1ccccc1C1(NC(=O)N2CCN(C3CCN(C)CC3)CC2)C(=O)N(S(=O)(=O)c2c(C)cc(C)cc2C)c2ccc(Cl)cc21.Cl.Cl. The Kier molecular flexibility index (Phi) is 12.5. The van der Waals surface area contributed by atoms with E-state index in [1.54, 1.807) is 67.3 Å². The molecule has 2 fully saturated rings. The van der Waals surface area contributed by atoms with Crippen LogP contribution >= 0.6 is 36.4 Å². The third-order valence-corrected chi connectivity index (χ3v) is 12.1. The number of rotatable bonds is 7. The summed E-state index contributed by atoms with van der Waals surface area (Å²) in [6.07, 6.45) is 2.19. The van der Waals surface area contributed by atoms with Crippen LogP contribution < -0.4 is 14.4 Å². The maximum absolute atomic E-state index is 15.2. The highest BCUT2D eigenvalue weighted by Crippen LogP contribution is 2.50. The van der Waals surface area contributed by atoms with Crippen molar-refractivity contribution in [2.24, 2.45) is 0 Å². The summed E-state index contributed by atoms with van der Waals surface area (Å²) in [5.41, 5.74) is 0.720. The lowest BCUT2D eigenvalue weighted by Crippen LogP contribution is -2.61. The van der Waals surface area contributed by atoms with Gasteiger partial charge < -0.3 is 19.9 Å². The predicted molar refractivity (Wildman–Crippen MR) is 202 cm³/mol. The third-order valence-electron chi connectivity index (χ3n) is 9.88. The van der Waals surface area contributed by atoms with Gasteiger partial charge in [-0.25, -0.2) is 13.2 Å². The first-order chi connectivity index (χ1) is 22.9. The number of hydrogen-bond donors (Lipinski definition) is 1. The van der Waals surface area contributed by atoms with Crippen LogP contribution in [0, 0.1) is 20.8 Å². The molecule has 0 saturated carbocycles. The fourth-order valence-electron chi connectivity index (χ4n) is 7.66. The molecule has 1 atom stereocenters. The van der Waals surface area contributed by atoms with Crippen LogP contribution in [0.4, 0.5) is 10.5 Å². The number of para-hydroxylation sites is 1. The van der Waals surface area contributed by atoms with Gasteiger partial charge in [-0.05, 0) is 96.1 Å². The lowest BCUT2D eigenvalue weighted by atomic mass is 9.83. The first-order valence-corrected chi connectivity index (χ1v) is 18.4. The van der Waals surface area contributed by atoms with Crippen molar-refractivity contribution in [1.82, 2.24) is 20.0 Å². The highest BCUT2D eigenvalue weighted by atomic mass is 35.5. The van der Waals surface area contributed by atoms with Crippen molar-refractivity contribution in [1.29, 1.82) is 0 Å². The smallest absolute Gasteiger partial charge is 0.318 e. The maximum atomic E-state index is 15.2. The number of halogens is 3. The Labute approximate surface area is 312 Å². The Hall–Kier alpha value is -3.06. The van der Waals surface area contributed by atoms with Gasteiger partial charge in [-0.2, -0.15) is 4.31 Å². The van der Waals surface area contributed by atoms with Crippen LogP contribution in [0.3, 0.4) is 0 Å². The summed E-state index contributed by atoms with van der Waals surface area (Å²) in [5.74, 6) is -0.474. The monoisotopic (exact) mass is 765 g/mol. The predicted octanol–water partition coefficient (Wildman–Crippen LogP) is 5.91. The molecule has 3 aromatic carbocycles. The van der Waals surface area contributed by atoms with Gasteiger partial charge in [-0.15, -0.1) is 24.8 Å². The Morgan fingerprint density at radius 1 is 0.920 bits per heavy atom. The van der Waals surface area contributed by atoms with Crippen molar-refractivity contribution in [2.45, 2.75) is 57.0 Å². The van der Waals surface area contributed by atoms with Crippen molar-refractivity contribution in [3.05, 3.63) is 87.4 Å². The molecule has 3 amide bonds. The zero-order chi connectivity index (χ0) is 34.4. The Balaban J connectivity index is 0.00000281. The molecule has 0 spiro atoms. The van der Waals surface area contributed by atoms with Crippen LogP contribution in [0.5, 0.6) is 5.75 Å². The van der Waals surface area contributed by atoms with Crippen LogP contribution in [0.15, 0.2) is 59.5 Å². The van der Waals surface area contributed by atoms with Gasteiger partial charge in [0.2, 0.25) is 0 Å². The minimum atomic E-state index is -4.46. The number of piperazine rings is 1. The molecule has 50 heavy (non-hydrogen) atoms. The number of carbonyl (C=O) groups is 2. The van der Waals surface area contributed by atoms with Gasteiger partial charge in [-0.3, -0.25) is 9.69 Å². The molecule has 0 aromatic heterocycles. The van der Waals surface area contributed by atoms with E-state index in [1.165, 1.54) is 6.07 Å². The highest BCUT2D eigenvalue weighted by molar-refractivity contribution is 7.93. The van der Waals surface area contributed by atoms with Crippen LogP contribution in [-0.4, -0.2) is 94.0 Å². The number of ether oxygens (including phenoxy) is 1. The average Bonchev–Trinajstić information content (AvgIpc) is 3.29. The normalized spacial score (nSPS) is 20.2. The van der Waals surface area contributed by atoms with E-state index in [4.69, 9.17) is 16.3 Å². The molecule has 3 aliphatic heterocycles. The van der Waals surface area contributed by atoms with E-state index in [1.807, 2.05) is 13.8 Å². The molecule has 0 aliphatic carbocycles. The number of carbonyl (C=O) groups excluding carboxylic acids is 2. The van der Waals surface area contributed by atoms with E-state index in [0.717, 1.165) is 35.8 Å². The Morgan fingerprint density at radius 2 is 1.54 bits per heavy atom. The average molecular weight is 767 g/mol. The fraction of sp³-hybridized carbons (Fsp3) is 0.444. The topological polar surface area (TPSA) is 102 Å². The van der Waals surface area contributed by atoms with Gasteiger partial charge in [-0.1, -0.05) is 47.5 Å². The highest BCUT2D eigenvalue weighted by Gasteiger charge is 2.59. The largest absolute Gasteiger partial charge is 0.493 e. The quantitative estimate of drug-likeness (QED) is 0.319. The molecule has 0 radical (unpaired) electrons. The second-order valence-corrected chi connectivity index (χ2v) is 15.3. The van der Waals surface area contributed by atoms with Gasteiger partial charge in [0.15, 0.2) is 5.54 Å². The van der Waals surface area contributed by atoms with Gasteiger partial charge in [0.05, 0.1) is 17.2 Å². The summed E-state index contributed by atoms with van der Waals surface area (Å²) >= 11 is 6.58. The first kappa shape index (κ1) is 39.7. The summed E-state index contributed by atoms with van der Waals surface area (Å²) in [6, 6.07) is 15.2. The lowest BCUT2D eigenvalue weighted by Gasteiger charge is -2.43. The lowest BCUT2D eigenvalue weighted by molar-refractivity contribution is -0.121. The number of nitrogens with zero attached hydrogens (tertiary/aromatic N) is 4. The van der Waals surface area contributed by atoms with E-state index >= 15 is 4.79 Å². The minimum absolute atomic E-state index is 0. The zero-order valence-corrected chi connectivity index (χ0v) is 32.3. The number of amides is 3. The van der Waals surface area contributed by atoms with E-state index in [0.29, 0.717) is 66.3 Å². The number of piperidine rings is 1. The molecule has 10 nitrogen and oxygen atoms in total. The molecule has 1 N–H and O–H groups in total. The molecule has 0 bridgehead atoms. The van der Waals surface area contributed by atoms with Crippen molar-refractivity contribution in [3.8, 4) is 5.75 Å². The molecule has 1 unspecified atom stereocenters. The molecule has 6 rings (SSSR count). The maximum Gasteiger partial charge on any atom is 0.318 e. The van der Waals surface area contributed by atoms with Crippen LogP contribution in [-0.2, 0) is 20.4 Å². The van der Waals surface area contributed by atoms with Crippen molar-refractivity contribution >= 4 is 64.1 Å². The van der Waals surface area contributed by atoms with Crippen LogP contribution in [0.1, 0.15) is 47.6 Å². The second kappa shape index (κ2) is 15.7. The number of aryl methyl sites for hydroxylation is 3. The number of anilines is 1. The summed E-state index contributed by atoms with van der Waals surface area (Å²) in [5, 5.41) is 3.36. The standard InChI is InChI=1S/C36H44ClN5O5S.2ClH/c1-6-47-32-10-8-7-9-29(32)36(38-35(44)41-19-17-40(18-20-41)28-13-15-39(5)16-14-28)30-23-27(37)11-12-31(30)42(34(36)43)48(45,46)33-25(3)21-24(2)22-26(33)4;;/h7-12,21-23,28H,6,13-20H2,1-5H3,(H,38,44);2*1H. The van der Waals surface area contributed by atoms with Gasteiger partial charge in [0.25, 0.3) is 15.9 Å². The molecular weight excluding hydrogens is 721 g/mol. The molecule has 14 heteroatoms. The number of likely N-dealkylation sites (tertiary alicyclic amines) is 1. The number of sulfonamides is 1. The fourth-order valence-corrected chi connectivity index (χ4v) is 9.72. The van der Waals surface area contributed by atoms with E-state index in [-0.39, 0.29) is 41.0 Å². The third kappa shape index (κ3) is 7.05. The Bertz CT molecular complexity index is 1820. The molecular formula is C36H46Cl3N5O5S. The number of hydrogen-bond acceptors (Lipinski definition) is 7. The van der Waals surface area contributed by atoms with Gasteiger partial charge >= 0.3 is 6.03 Å². The van der Waals surface area contributed by atoms with Crippen molar-refractivity contribution < 1.29 is 22.7 Å².